The molecule has 4 heteroatoms. The fraction of sp³-hybridized carbons (Fsp3) is 0.353. The maximum atomic E-state index is 5.75. The number of hydrogen-bond donors (Lipinski definition) is 1. The van der Waals surface area contributed by atoms with Crippen LogP contribution in [0.4, 0.5) is 5.69 Å². The van der Waals surface area contributed by atoms with Crippen LogP contribution < -0.4 is 10.6 Å². The van der Waals surface area contributed by atoms with Crippen LogP contribution in [-0.2, 0) is 13.0 Å². The zero-order chi connectivity index (χ0) is 15.2. The molecule has 0 radical (unpaired) electrons. The number of pyridine rings is 1. The molecule has 0 amide bonds. The van der Waals surface area contributed by atoms with Gasteiger partial charge in [-0.1, -0.05) is 22.0 Å². The zero-order valence-corrected chi connectivity index (χ0v) is 14.2. The molecule has 21 heavy (non-hydrogen) atoms. The number of nitrogens with zero attached hydrogens (tertiary/aromatic N) is 2. The van der Waals surface area contributed by atoms with E-state index in [-0.39, 0.29) is 0 Å². The van der Waals surface area contributed by atoms with Crippen LogP contribution in [0.15, 0.2) is 40.9 Å². The number of benzene rings is 1. The normalized spacial score (nSPS) is 10.7. The Morgan fingerprint density at radius 2 is 2.05 bits per heavy atom. The maximum absolute atomic E-state index is 5.75. The molecule has 0 unspecified atom stereocenters. The van der Waals surface area contributed by atoms with Crippen molar-refractivity contribution in [1.82, 2.24) is 4.98 Å². The van der Waals surface area contributed by atoms with Gasteiger partial charge in [-0.2, -0.15) is 0 Å². The fourth-order valence-electron chi connectivity index (χ4n) is 2.47. The first-order valence-electron chi connectivity index (χ1n) is 7.30. The van der Waals surface area contributed by atoms with Crippen LogP contribution >= 0.6 is 15.9 Å². The van der Waals surface area contributed by atoms with Gasteiger partial charge in [0.1, 0.15) is 0 Å². The first kappa shape index (κ1) is 16.0. The van der Waals surface area contributed by atoms with Gasteiger partial charge in [0.25, 0.3) is 0 Å². The molecule has 1 aromatic heterocycles. The van der Waals surface area contributed by atoms with Gasteiger partial charge in [0.2, 0.25) is 0 Å². The lowest BCUT2D eigenvalue weighted by Gasteiger charge is -2.26. The summed E-state index contributed by atoms with van der Waals surface area (Å²) >= 11 is 3.54. The number of aryl methyl sites for hydroxylation is 1. The van der Waals surface area contributed by atoms with E-state index < -0.39 is 0 Å². The average Bonchev–Trinajstić information content (AvgIpc) is 2.46. The highest BCUT2D eigenvalue weighted by atomic mass is 79.9. The molecule has 0 saturated heterocycles. The highest BCUT2D eigenvalue weighted by Gasteiger charge is 2.11. The van der Waals surface area contributed by atoms with Crippen molar-refractivity contribution in [1.29, 1.82) is 0 Å². The highest BCUT2D eigenvalue weighted by Crippen LogP contribution is 2.26. The van der Waals surface area contributed by atoms with Crippen molar-refractivity contribution in [3.63, 3.8) is 0 Å². The summed E-state index contributed by atoms with van der Waals surface area (Å²) in [7, 11) is 0. The summed E-state index contributed by atoms with van der Waals surface area (Å²) in [5, 5.41) is 0. The average molecular weight is 348 g/mol. The van der Waals surface area contributed by atoms with E-state index in [1.54, 1.807) is 0 Å². The Morgan fingerprint density at radius 3 is 2.71 bits per heavy atom. The van der Waals surface area contributed by atoms with Gasteiger partial charge in [-0.05, 0) is 62.7 Å². The van der Waals surface area contributed by atoms with Gasteiger partial charge in [-0.3, -0.25) is 4.98 Å². The molecule has 1 aromatic carbocycles. The van der Waals surface area contributed by atoms with Gasteiger partial charge in [0, 0.05) is 22.4 Å². The third-order valence-electron chi connectivity index (χ3n) is 3.48. The second kappa shape index (κ2) is 7.57. The van der Waals surface area contributed by atoms with E-state index >= 15 is 0 Å². The van der Waals surface area contributed by atoms with Crippen molar-refractivity contribution in [3.05, 3.63) is 57.8 Å². The Kier molecular flexibility index (Phi) is 5.76. The SMILES string of the molecule is CCN(Cc1cccc(C)n1)c1ccc(Br)cc1CCN. The smallest absolute Gasteiger partial charge is 0.0602 e. The molecule has 0 saturated carbocycles. The molecule has 0 spiro atoms. The molecule has 0 aliphatic carbocycles. The van der Waals surface area contributed by atoms with E-state index in [1.807, 2.05) is 13.0 Å². The Labute approximate surface area is 135 Å². The molecule has 112 valence electrons. The van der Waals surface area contributed by atoms with E-state index in [1.165, 1.54) is 11.3 Å². The topological polar surface area (TPSA) is 42.2 Å². The Morgan fingerprint density at radius 1 is 1.24 bits per heavy atom. The van der Waals surface area contributed by atoms with E-state index in [9.17, 15) is 0 Å². The Bertz CT molecular complexity index is 598. The van der Waals surface area contributed by atoms with Crippen molar-refractivity contribution in [2.75, 3.05) is 18.0 Å². The molecule has 2 rings (SSSR count). The summed E-state index contributed by atoms with van der Waals surface area (Å²) in [6.45, 7) is 6.61. The molecule has 2 aromatic rings. The number of rotatable bonds is 6. The number of hydrogen-bond acceptors (Lipinski definition) is 3. The summed E-state index contributed by atoms with van der Waals surface area (Å²) in [6.07, 6.45) is 0.881. The van der Waals surface area contributed by atoms with Crippen molar-refractivity contribution in [2.24, 2.45) is 5.73 Å². The predicted octanol–water partition coefficient (Wildman–Crippen LogP) is 3.68. The van der Waals surface area contributed by atoms with E-state index in [2.05, 4.69) is 63.1 Å². The summed E-state index contributed by atoms with van der Waals surface area (Å²) < 4.78 is 1.10. The third kappa shape index (κ3) is 4.29. The molecule has 0 bridgehead atoms. The van der Waals surface area contributed by atoms with Crippen LogP contribution in [0.3, 0.4) is 0 Å². The van der Waals surface area contributed by atoms with Crippen LogP contribution in [0.25, 0.3) is 0 Å². The molecule has 1 heterocycles. The fourth-order valence-corrected chi connectivity index (χ4v) is 2.88. The quantitative estimate of drug-likeness (QED) is 0.866. The second-order valence-electron chi connectivity index (χ2n) is 5.10. The summed E-state index contributed by atoms with van der Waals surface area (Å²) in [4.78, 5) is 6.95. The van der Waals surface area contributed by atoms with Crippen molar-refractivity contribution >= 4 is 21.6 Å². The molecule has 2 N–H and O–H groups in total. The highest BCUT2D eigenvalue weighted by molar-refractivity contribution is 9.10. The predicted molar refractivity (Wildman–Crippen MR) is 92.6 cm³/mol. The number of halogens is 1. The van der Waals surface area contributed by atoms with Gasteiger partial charge in [0.15, 0.2) is 0 Å². The third-order valence-corrected chi connectivity index (χ3v) is 3.97. The minimum absolute atomic E-state index is 0.656. The van der Waals surface area contributed by atoms with E-state index in [0.717, 1.165) is 35.4 Å². The minimum Gasteiger partial charge on any atom is -0.366 e. The molecular formula is C17H22BrN3. The lowest BCUT2D eigenvalue weighted by molar-refractivity contribution is 0.795. The first-order chi connectivity index (χ1) is 10.1. The summed E-state index contributed by atoms with van der Waals surface area (Å²) in [5.74, 6) is 0. The number of anilines is 1. The largest absolute Gasteiger partial charge is 0.366 e. The van der Waals surface area contributed by atoms with Crippen molar-refractivity contribution in [2.45, 2.75) is 26.8 Å². The molecule has 0 aliphatic heterocycles. The first-order valence-corrected chi connectivity index (χ1v) is 8.09. The standard InChI is InChI=1S/C17H22BrN3/c1-3-21(12-16-6-4-5-13(2)20-16)17-8-7-15(18)11-14(17)9-10-19/h4-8,11H,3,9-10,12,19H2,1-2H3. The molecule has 0 atom stereocenters. The lowest BCUT2D eigenvalue weighted by atomic mass is 10.1. The monoisotopic (exact) mass is 347 g/mol. The minimum atomic E-state index is 0.656. The van der Waals surface area contributed by atoms with Crippen LogP contribution in [0.2, 0.25) is 0 Å². The molecule has 3 nitrogen and oxygen atoms in total. The van der Waals surface area contributed by atoms with E-state index in [4.69, 9.17) is 5.73 Å². The van der Waals surface area contributed by atoms with Gasteiger partial charge in [0.05, 0.1) is 12.2 Å². The molecular weight excluding hydrogens is 326 g/mol. The van der Waals surface area contributed by atoms with Crippen LogP contribution in [-0.4, -0.2) is 18.1 Å². The number of nitrogens with two attached hydrogens (primary N) is 1. The Balaban J connectivity index is 2.28. The maximum Gasteiger partial charge on any atom is 0.0602 e. The van der Waals surface area contributed by atoms with Crippen LogP contribution in [0.5, 0.6) is 0 Å². The summed E-state index contributed by atoms with van der Waals surface area (Å²) in [6, 6.07) is 12.6. The second-order valence-corrected chi connectivity index (χ2v) is 6.01. The number of aromatic nitrogens is 1. The van der Waals surface area contributed by atoms with Gasteiger partial charge >= 0.3 is 0 Å². The van der Waals surface area contributed by atoms with Gasteiger partial charge < -0.3 is 10.6 Å². The van der Waals surface area contributed by atoms with Gasteiger partial charge in [-0.15, -0.1) is 0 Å². The van der Waals surface area contributed by atoms with Gasteiger partial charge in [-0.25, -0.2) is 0 Å². The van der Waals surface area contributed by atoms with Crippen LogP contribution in [0.1, 0.15) is 23.9 Å². The molecule has 0 aliphatic rings. The lowest BCUT2D eigenvalue weighted by Crippen LogP contribution is -2.24. The van der Waals surface area contributed by atoms with Crippen molar-refractivity contribution < 1.29 is 0 Å². The summed E-state index contributed by atoms with van der Waals surface area (Å²) in [5.41, 5.74) is 10.4. The van der Waals surface area contributed by atoms with E-state index in [0.29, 0.717) is 6.54 Å². The van der Waals surface area contributed by atoms with Crippen molar-refractivity contribution in [3.8, 4) is 0 Å². The van der Waals surface area contributed by atoms with Crippen LogP contribution in [0, 0.1) is 6.92 Å². The molecule has 0 fully saturated rings. The zero-order valence-electron chi connectivity index (χ0n) is 12.6. The Hall–Kier alpha value is -1.39.